The highest BCUT2D eigenvalue weighted by molar-refractivity contribution is 8.04. The van der Waals surface area contributed by atoms with E-state index < -0.39 is 29.9 Å². The number of Topliss-reactive ketones (excluding diaryl/α,β-unsaturated/α-hetero) is 1. The molecule has 0 bridgehead atoms. The van der Waals surface area contributed by atoms with Crippen LogP contribution < -0.4 is 5.32 Å². The summed E-state index contributed by atoms with van der Waals surface area (Å²) < 4.78 is 11.2. The molecule has 3 heterocycles. The van der Waals surface area contributed by atoms with Gasteiger partial charge in [-0.05, 0) is 6.92 Å². The molecule has 0 aliphatic carbocycles. The van der Waals surface area contributed by atoms with Gasteiger partial charge in [-0.25, -0.2) is 0 Å². The number of nitrogens with one attached hydrogen (secondary N) is 1. The van der Waals surface area contributed by atoms with Crippen molar-refractivity contribution in [1.82, 2.24) is 5.32 Å². The van der Waals surface area contributed by atoms with Gasteiger partial charge in [-0.1, -0.05) is 0 Å². The van der Waals surface area contributed by atoms with E-state index in [1.807, 2.05) is 0 Å². The highest BCUT2D eigenvalue weighted by atomic mass is 32.2. The van der Waals surface area contributed by atoms with Crippen molar-refractivity contribution in [2.45, 2.75) is 36.8 Å². The summed E-state index contributed by atoms with van der Waals surface area (Å²) in [6.07, 6.45) is -3.02. The predicted octanol–water partition coefficient (Wildman–Crippen LogP) is -1.03. The van der Waals surface area contributed by atoms with Gasteiger partial charge in [-0.2, -0.15) is 0 Å². The molecule has 0 aromatic heterocycles. The van der Waals surface area contributed by atoms with E-state index in [0.717, 1.165) is 0 Å². The van der Waals surface area contributed by atoms with Crippen molar-refractivity contribution in [2.24, 2.45) is 0 Å². The molecule has 7 heteroatoms. The van der Waals surface area contributed by atoms with Gasteiger partial charge in [-0.15, -0.1) is 11.8 Å². The molecule has 3 aliphatic rings. The van der Waals surface area contributed by atoms with Gasteiger partial charge >= 0.3 is 0 Å². The normalized spacial score (nSPS) is 44.2. The quantitative estimate of drug-likeness (QED) is 0.520. The van der Waals surface area contributed by atoms with E-state index in [9.17, 15) is 15.0 Å². The molecule has 0 aromatic rings. The third-order valence-electron chi connectivity index (χ3n) is 3.37. The summed E-state index contributed by atoms with van der Waals surface area (Å²) in [7, 11) is 0. The number of aliphatic hydroxyl groups excluding tert-OH is 2. The Morgan fingerprint density at radius 3 is 2.89 bits per heavy atom. The number of ketones is 1. The van der Waals surface area contributed by atoms with Gasteiger partial charge in [0.1, 0.15) is 23.2 Å². The first-order valence-electron chi connectivity index (χ1n) is 5.90. The summed E-state index contributed by atoms with van der Waals surface area (Å²) in [6.45, 7) is 2.46. The second-order valence-corrected chi connectivity index (χ2v) is 5.86. The molecule has 6 nitrogen and oxygen atoms in total. The van der Waals surface area contributed by atoms with Crippen LogP contribution in [0.15, 0.2) is 10.7 Å². The number of hydrogen-bond acceptors (Lipinski definition) is 7. The molecule has 0 amide bonds. The van der Waals surface area contributed by atoms with Crippen LogP contribution in [0.5, 0.6) is 0 Å². The van der Waals surface area contributed by atoms with Crippen molar-refractivity contribution in [3.63, 3.8) is 0 Å². The van der Waals surface area contributed by atoms with Crippen molar-refractivity contribution in [3.8, 4) is 0 Å². The predicted molar refractivity (Wildman–Crippen MR) is 63.7 cm³/mol. The van der Waals surface area contributed by atoms with Crippen LogP contribution in [0.3, 0.4) is 0 Å². The summed E-state index contributed by atoms with van der Waals surface area (Å²) in [6, 6.07) is 0. The van der Waals surface area contributed by atoms with Crippen LogP contribution in [0.25, 0.3) is 0 Å². The van der Waals surface area contributed by atoms with Crippen LogP contribution in [0, 0.1) is 0 Å². The minimum Gasteiger partial charge on any atom is -0.465 e. The van der Waals surface area contributed by atoms with Gasteiger partial charge in [0.05, 0.1) is 24.1 Å². The lowest BCUT2D eigenvalue weighted by molar-refractivity contribution is -0.230. The molecule has 1 fully saturated rings. The molecule has 0 saturated carbocycles. The molecule has 3 aliphatic heterocycles. The van der Waals surface area contributed by atoms with Crippen LogP contribution in [0.2, 0.25) is 0 Å². The van der Waals surface area contributed by atoms with E-state index in [2.05, 4.69) is 5.32 Å². The van der Waals surface area contributed by atoms with Crippen molar-refractivity contribution >= 4 is 17.5 Å². The van der Waals surface area contributed by atoms with Crippen LogP contribution in [-0.2, 0) is 14.3 Å². The second-order valence-electron chi connectivity index (χ2n) is 4.67. The minimum absolute atomic E-state index is 0.0417. The average molecular weight is 273 g/mol. The standard InChI is InChI=1S/C11H15NO5S/c1-4-7(14)8(15)10-11(16-4)17-6-3-12-2-5(13)9(6)18-10/h4,7-8,10-12,14-15H,2-3H2,1H3. The van der Waals surface area contributed by atoms with E-state index >= 15 is 0 Å². The highest BCUT2D eigenvalue weighted by Crippen LogP contribution is 2.41. The molecular formula is C11H15NO5S. The summed E-state index contributed by atoms with van der Waals surface area (Å²) in [5.74, 6) is 0.535. The van der Waals surface area contributed by atoms with E-state index in [4.69, 9.17) is 9.47 Å². The largest absolute Gasteiger partial charge is 0.465 e. The maximum absolute atomic E-state index is 11.7. The van der Waals surface area contributed by atoms with E-state index in [1.165, 1.54) is 11.8 Å². The second kappa shape index (κ2) is 4.50. The first-order valence-corrected chi connectivity index (χ1v) is 6.78. The van der Waals surface area contributed by atoms with Gasteiger partial charge < -0.3 is 25.0 Å². The number of aliphatic hydroxyl groups is 2. The Morgan fingerprint density at radius 2 is 2.11 bits per heavy atom. The lowest BCUT2D eigenvalue weighted by Gasteiger charge is -2.44. The maximum Gasteiger partial charge on any atom is 0.214 e. The van der Waals surface area contributed by atoms with Crippen LogP contribution >= 0.6 is 11.8 Å². The van der Waals surface area contributed by atoms with Gasteiger partial charge in [0, 0.05) is 0 Å². The first-order chi connectivity index (χ1) is 8.58. The Labute approximate surface area is 108 Å². The molecule has 5 atom stereocenters. The van der Waals surface area contributed by atoms with Gasteiger partial charge in [-0.3, -0.25) is 4.79 Å². The van der Waals surface area contributed by atoms with Crippen LogP contribution in [0.1, 0.15) is 6.92 Å². The molecule has 0 spiro atoms. The maximum atomic E-state index is 11.7. The number of carbonyl (C=O) groups excluding carboxylic acids is 1. The topological polar surface area (TPSA) is 88.0 Å². The van der Waals surface area contributed by atoms with Gasteiger partial charge in [0.25, 0.3) is 0 Å². The third-order valence-corrected chi connectivity index (χ3v) is 4.84. The Morgan fingerprint density at radius 1 is 1.33 bits per heavy atom. The number of carbonyl (C=O) groups is 1. The Hall–Kier alpha value is -0.600. The third kappa shape index (κ3) is 1.86. The number of rotatable bonds is 0. The Kier molecular flexibility index (Phi) is 3.11. The molecule has 5 unspecified atom stereocenters. The first kappa shape index (κ1) is 12.4. The van der Waals surface area contributed by atoms with Gasteiger partial charge in [0.15, 0.2) is 5.78 Å². The van der Waals surface area contributed by atoms with Crippen molar-refractivity contribution < 1.29 is 24.5 Å². The van der Waals surface area contributed by atoms with E-state index in [-0.39, 0.29) is 12.3 Å². The van der Waals surface area contributed by atoms with Gasteiger partial charge in [0.2, 0.25) is 6.29 Å². The van der Waals surface area contributed by atoms with Crippen LogP contribution in [0.4, 0.5) is 0 Å². The molecular weight excluding hydrogens is 258 g/mol. The molecule has 18 heavy (non-hydrogen) atoms. The number of ether oxygens (including phenoxy) is 2. The van der Waals surface area contributed by atoms with Crippen LogP contribution in [-0.4, -0.2) is 58.9 Å². The van der Waals surface area contributed by atoms with Crippen molar-refractivity contribution in [1.29, 1.82) is 0 Å². The molecule has 0 aromatic carbocycles. The zero-order chi connectivity index (χ0) is 12.9. The minimum atomic E-state index is -0.958. The molecule has 3 rings (SSSR count). The summed E-state index contributed by atoms with van der Waals surface area (Å²) >= 11 is 1.25. The van der Waals surface area contributed by atoms with E-state index in [1.54, 1.807) is 6.92 Å². The molecule has 100 valence electrons. The number of fused-ring (bicyclic) bond motifs is 1. The average Bonchev–Trinajstić information content (AvgIpc) is 2.35. The SMILES string of the molecule is CC1OC2OC3=C(SC2C(O)C1O)C(=O)CNC3. The fraction of sp³-hybridized carbons (Fsp3) is 0.727. The Balaban J connectivity index is 1.88. The summed E-state index contributed by atoms with van der Waals surface area (Å²) in [4.78, 5) is 12.3. The number of thioether (sulfide) groups is 1. The lowest BCUT2D eigenvalue weighted by atomic mass is 10.0. The lowest BCUT2D eigenvalue weighted by Crippen LogP contribution is -2.58. The number of hydrogen-bond donors (Lipinski definition) is 3. The monoisotopic (exact) mass is 273 g/mol. The molecule has 3 N–H and O–H groups in total. The molecule has 0 radical (unpaired) electrons. The fourth-order valence-electron chi connectivity index (χ4n) is 2.33. The van der Waals surface area contributed by atoms with Crippen molar-refractivity contribution in [2.75, 3.05) is 13.1 Å². The fourth-order valence-corrected chi connectivity index (χ4v) is 3.59. The zero-order valence-electron chi connectivity index (χ0n) is 9.83. The summed E-state index contributed by atoms with van der Waals surface area (Å²) in [5.41, 5.74) is 0. The summed E-state index contributed by atoms with van der Waals surface area (Å²) in [5, 5.41) is 22.3. The Bertz CT molecular complexity index is 412. The highest BCUT2D eigenvalue weighted by Gasteiger charge is 2.48. The zero-order valence-corrected chi connectivity index (χ0v) is 10.6. The van der Waals surface area contributed by atoms with E-state index in [0.29, 0.717) is 17.2 Å². The smallest absolute Gasteiger partial charge is 0.214 e. The molecule has 1 saturated heterocycles. The van der Waals surface area contributed by atoms with Crippen molar-refractivity contribution in [3.05, 3.63) is 10.7 Å².